The number of carbonyl (C=O) groups excluding carboxylic acids is 1. The summed E-state index contributed by atoms with van der Waals surface area (Å²) in [7, 11) is 0. The van der Waals surface area contributed by atoms with Gasteiger partial charge in [-0.15, -0.1) is 0 Å². The molecule has 0 saturated carbocycles. The van der Waals surface area contributed by atoms with Crippen LogP contribution in [0.15, 0.2) is 0 Å². The second-order valence-electron chi connectivity index (χ2n) is 5.32. The van der Waals surface area contributed by atoms with E-state index >= 15 is 0 Å². The topological polar surface area (TPSA) is 69.6 Å². The lowest BCUT2D eigenvalue weighted by Gasteiger charge is -2.35. The molecule has 5 nitrogen and oxygen atoms in total. The fourth-order valence-corrected chi connectivity index (χ4v) is 2.23. The van der Waals surface area contributed by atoms with Gasteiger partial charge in [0.2, 0.25) is 0 Å². The Morgan fingerprint density at radius 2 is 2.06 bits per heavy atom. The van der Waals surface area contributed by atoms with E-state index < -0.39 is 12.0 Å². The number of carbonyl (C=O) groups is 2. The van der Waals surface area contributed by atoms with Crippen LogP contribution in [0.1, 0.15) is 40.0 Å². The average Bonchev–Trinajstić information content (AvgIpc) is 2.31. The Morgan fingerprint density at radius 1 is 1.39 bits per heavy atom. The van der Waals surface area contributed by atoms with Crippen LogP contribution in [-0.2, 0) is 4.79 Å². The molecule has 18 heavy (non-hydrogen) atoms. The molecule has 1 aliphatic rings. The van der Waals surface area contributed by atoms with E-state index in [0.717, 1.165) is 19.4 Å². The van der Waals surface area contributed by atoms with E-state index in [2.05, 4.69) is 19.2 Å². The molecule has 1 aliphatic heterocycles. The van der Waals surface area contributed by atoms with Gasteiger partial charge in [-0.2, -0.15) is 0 Å². The van der Waals surface area contributed by atoms with Gasteiger partial charge in [0, 0.05) is 13.1 Å². The number of piperidine rings is 1. The van der Waals surface area contributed by atoms with Gasteiger partial charge >= 0.3 is 12.0 Å². The maximum Gasteiger partial charge on any atom is 0.326 e. The maximum atomic E-state index is 12.0. The molecular formula is C13H24N2O3. The van der Waals surface area contributed by atoms with Crippen LogP contribution in [-0.4, -0.2) is 41.1 Å². The minimum absolute atomic E-state index is 0.241. The number of carboxylic acid groups (broad SMARTS) is 1. The molecule has 104 valence electrons. The summed E-state index contributed by atoms with van der Waals surface area (Å²) in [5.74, 6) is 0.141. The molecule has 0 bridgehead atoms. The fourth-order valence-electron chi connectivity index (χ4n) is 2.23. The highest BCUT2D eigenvalue weighted by Crippen LogP contribution is 2.22. The molecule has 0 spiro atoms. The molecule has 0 aromatic rings. The first kappa shape index (κ1) is 14.8. The van der Waals surface area contributed by atoms with Gasteiger partial charge in [-0.3, -0.25) is 0 Å². The van der Waals surface area contributed by atoms with Crippen molar-refractivity contribution < 1.29 is 14.7 Å². The van der Waals surface area contributed by atoms with E-state index in [4.69, 9.17) is 5.11 Å². The lowest BCUT2D eigenvalue weighted by molar-refractivity contribution is -0.139. The fraction of sp³-hybridized carbons (Fsp3) is 0.846. The molecule has 1 rings (SSSR count). The van der Waals surface area contributed by atoms with Gasteiger partial charge in [0.05, 0.1) is 0 Å². The molecule has 2 unspecified atom stereocenters. The largest absolute Gasteiger partial charge is 0.480 e. The first-order chi connectivity index (χ1) is 8.45. The Labute approximate surface area is 109 Å². The summed E-state index contributed by atoms with van der Waals surface area (Å²) in [6.07, 6.45) is 2.20. The predicted octanol–water partition coefficient (Wildman–Crippen LogP) is 1.93. The van der Waals surface area contributed by atoms with Crippen LogP contribution in [0.4, 0.5) is 4.79 Å². The van der Waals surface area contributed by atoms with Crippen molar-refractivity contribution in [2.45, 2.75) is 46.1 Å². The smallest absolute Gasteiger partial charge is 0.326 e. The quantitative estimate of drug-likeness (QED) is 0.807. The van der Waals surface area contributed by atoms with Crippen LogP contribution in [0, 0.1) is 11.8 Å². The van der Waals surface area contributed by atoms with E-state index in [1.807, 2.05) is 6.92 Å². The van der Waals surface area contributed by atoms with Crippen LogP contribution < -0.4 is 5.32 Å². The van der Waals surface area contributed by atoms with Gasteiger partial charge in [-0.1, -0.05) is 27.2 Å². The van der Waals surface area contributed by atoms with Crippen LogP contribution in [0.2, 0.25) is 0 Å². The predicted molar refractivity (Wildman–Crippen MR) is 69.4 cm³/mol. The number of amides is 2. The lowest BCUT2D eigenvalue weighted by Crippen LogP contribution is -2.51. The molecule has 1 fully saturated rings. The molecule has 0 radical (unpaired) electrons. The van der Waals surface area contributed by atoms with E-state index in [-0.39, 0.29) is 6.03 Å². The molecule has 0 aromatic heterocycles. The normalized spacial score (nSPS) is 25.6. The molecule has 5 heteroatoms. The second kappa shape index (κ2) is 6.61. The number of rotatable bonds is 4. The molecule has 2 N–H and O–H groups in total. The second-order valence-corrected chi connectivity index (χ2v) is 5.32. The van der Waals surface area contributed by atoms with Crippen LogP contribution >= 0.6 is 0 Å². The van der Waals surface area contributed by atoms with Crippen molar-refractivity contribution in [2.24, 2.45) is 11.8 Å². The summed E-state index contributed by atoms with van der Waals surface area (Å²) in [6, 6.07) is -1.01. The summed E-state index contributed by atoms with van der Waals surface area (Å²) in [5, 5.41) is 11.6. The summed E-state index contributed by atoms with van der Waals surface area (Å²) >= 11 is 0. The standard InChI is InChI=1S/C13H24N2O3/c1-4-5-11(12(16)17)14-13(18)15-7-6-9(2)10(3)8-15/h9-11H,4-8H2,1-3H3,(H,14,18)(H,16,17)/t9?,10?,11-/m0/s1. The number of nitrogens with zero attached hydrogens (tertiary/aromatic N) is 1. The van der Waals surface area contributed by atoms with Gasteiger partial charge in [-0.05, 0) is 24.7 Å². The molecule has 0 aliphatic carbocycles. The average molecular weight is 256 g/mol. The van der Waals surface area contributed by atoms with Crippen molar-refractivity contribution in [3.63, 3.8) is 0 Å². The van der Waals surface area contributed by atoms with Gasteiger partial charge in [0.1, 0.15) is 6.04 Å². The molecule has 1 heterocycles. The van der Waals surface area contributed by atoms with Crippen LogP contribution in [0.5, 0.6) is 0 Å². The molecular weight excluding hydrogens is 232 g/mol. The van der Waals surface area contributed by atoms with Crippen molar-refractivity contribution in [1.82, 2.24) is 10.2 Å². The number of hydrogen-bond donors (Lipinski definition) is 2. The van der Waals surface area contributed by atoms with Crippen molar-refractivity contribution in [2.75, 3.05) is 13.1 Å². The Hall–Kier alpha value is -1.26. The number of hydrogen-bond acceptors (Lipinski definition) is 2. The monoisotopic (exact) mass is 256 g/mol. The Morgan fingerprint density at radius 3 is 2.56 bits per heavy atom. The maximum absolute atomic E-state index is 12.0. The molecule has 0 aromatic carbocycles. The van der Waals surface area contributed by atoms with E-state index in [1.165, 1.54) is 0 Å². The first-order valence-electron chi connectivity index (χ1n) is 6.74. The van der Waals surface area contributed by atoms with E-state index in [9.17, 15) is 9.59 Å². The van der Waals surface area contributed by atoms with Crippen molar-refractivity contribution in [3.8, 4) is 0 Å². The Bertz CT molecular complexity index is 307. The zero-order chi connectivity index (χ0) is 13.7. The van der Waals surface area contributed by atoms with Crippen molar-refractivity contribution in [1.29, 1.82) is 0 Å². The Balaban J connectivity index is 2.51. The van der Waals surface area contributed by atoms with Gasteiger partial charge in [-0.25, -0.2) is 9.59 Å². The SMILES string of the molecule is CCC[C@H](NC(=O)N1CCC(C)C(C)C1)C(=O)O. The first-order valence-corrected chi connectivity index (χ1v) is 6.74. The summed E-state index contributed by atoms with van der Waals surface area (Å²) < 4.78 is 0. The zero-order valence-corrected chi connectivity index (χ0v) is 11.5. The summed E-state index contributed by atoms with van der Waals surface area (Å²) in [6.45, 7) is 7.66. The van der Waals surface area contributed by atoms with Crippen molar-refractivity contribution >= 4 is 12.0 Å². The minimum atomic E-state index is -0.955. The third kappa shape index (κ3) is 3.89. The van der Waals surface area contributed by atoms with E-state index in [0.29, 0.717) is 24.8 Å². The summed E-state index contributed by atoms with van der Waals surface area (Å²) in [5.41, 5.74) is 0. The highest BCUT2D eigenvalue weighted by Gasteiger charge is 2.28. The third-order valence-electron chi connectivity index (χ3n) is 3.79. The Kier molecular flexibility index (Phi) is 5.44. The highest BCUT2D eigenvalue weighted by atomic mass is 16.4. The van der Waals surface area contributed by atoms with Crippen molar-refractivity contribution in [3.05, 3.63) is 0 Å². The molecule has 1 saturated heterocycles. The number of likely N-dealkylation sites (tertiary alicyclic amines) is 1. The number of nitrogens with one attached hydrogen (secondary N) is 1. The van der Waals surface area contributed by atoms with Gasteiger partial charge in [0.15, 0.2) is 0 Å². The molecule has 2 amide bonds. The van der Waals surface area contributed by atoms with Gasteiger partial charge in [0.25, 0.3) is 0 Å². The van der Waals surface area contributed by atoms with E-state index in [1.54, 1.807) is 4.90 Å². The number of aliphatic carboxylic acids is 1. The van der Waals surface area contributed by atoms with Gasteiger partial charge < -0.3 is 15.3 Å². The minimum Gasteiger partial charge on any atom is -0.480 e. The molecule has 3 atom stereocenters. The zero-order valence-electron chi connectivity index (χ0n) is 11.5. The highest BCUT2D eigenvalue weighted by molar-refractivity contribution is 5.82. The number of urea groups is 1. The van der Waals surface area contributed by atoms with Crippen LogP contribution in [0.25, 0.3) is 0 Å². The number of carboxylic acids is 1. The lowest BCUT2D eigenvalue weighted by atomic mass is 9.89. The van der Waals surface area contributed by atoms with Crippen LogP contribution in [0.3, 0.4) is 0 Å². The summed E-state index contributed by atoms with van der Waals surface area (Å²) in [4.78, 5) is 24.7. The third-order valence-corrected chi connectivity index (χ3v) is 3.79.